The van der Waals surface area contributed by atoms with Crippen molar-refractivity contribution < 1.29 is 19.2 Å². The van der Waals surface area contributed by atoms with Gasteiger partial charge in [0.15, 0.2) is 0 Å². The topological polar surface area (TPSA) is 62.6 Å². The highest BCUT2D eigenvalue weighted by atomic mass is 19.1. The number of rotatable bonds is 4. The van der Waals surface area contributed by atoms with Crippen molar-refractivity contribution in [2.45, 2.75) is 12.8 Å². The first-order valence-corrected chi connectivity index (χ1v) is 4.81. The van der Waals surface area contributed by atoms with Gasteiger partial charge in [-0.3, -0.25) is 0 Å². The van der Waals surface area contributed by atoms with E-state index in [1.165, 1.54) is 6.07 Å². The number of aromatic nitrogens is 1. The van der Waals surface area contributed by atoms with Gasteiger partial charge in [-0.1, -0.05) is 0 Å². The highest BCUT2D eigenvalue weighted by Crippen LogP contribution is 2.29. The molecule has 2 rings (SSSR count). The van der Waals surface area contributed by atoms with Gasteiger partial charge in [-0.2, -0.15) is 0 Å². The average molecular weight is 211 g/mol. The molecule has 1 heterocycles. The van der Waals surface area contributed by atoms with Crippen molar-refractivity contribution >= 4 is 12.6 Å². The molecule has 1 aliphatic rings. The van der Waals surface area contributed by atoms with Crippen LogP contribution in [0.15, 0.2) is 12.3 Å². The Hall–Kier alpha value is -1.14. The van der Waals surface area contributed by atoms with Crippen LogP contribution in [0.5, 0.6) is 5.88 Å². The summed E-state index contributed by atoms with van der Waals surface area (Å²) in [5.74, 6) is 0.0505. The van der Waals surface area contributed by atoms with E-state index in [9.17, 15) is 4.39 Å². The highest BCUT2D eigenvalue weighted by molar-refractivity contribution is 6.58. The van der Waals surface area contributed by atoms with Crippen LogP contribution in [0.1, 0.15) is 12.8 Å². The zero-order valence-electron chi connectivity index (χ0n) is 8.06. The fraction of sp³-hybridized carbons (Fsp3) is 0.444. The van der Waals surface area contributed by atoms with Crippen molar-refractivity contribution in [2.75, 3.05) is 6.61 Å². The van der Waals surface area contributed by atoms with Crippen LogP contribution < -0.4 is 10.2 Å². The van der Waals surface area contributed by atoms with Gasteiger partial charge < -0.3 is 14.8 Å². The van der Waals surface area contributed by atoms with Crippen LogP contribution in [0.4, 0.5) is 4.39 Å². The number of hydrogen-bond acceptors (Lipinski definition) is 4. The first-order chi connectivity index (χ1) is 7.16. The molecule has 0 amide bonds. The Kier molecular flexibility index (Phi) is 2.88. The first kappa shape index (κ1) is 10.4. The number of pyridine rings is 1. The Morgan fingerprint density at radius 1 is 1.53 bits per heavy atom. The summed E-state index contributed by atoms with van der Waals surface area (Å²) >= 11 is 0. The van der Waals surface area contributed by atoms with Crippen molar-refractivity contribution in [3.05, 3.63) is 18.1 Å². The summed E-state index contributed by atoms with van der Waals surface area (Å²) in [4.78, 5) is 3.70. The van der Waals surface area contributed by atoms with Gasteiger partial charge in [0, 0.05) is 11.5 Å². The maximum atomic E-state index is 13.0. The quantitative estimate of drug-likeness (QED) is 0.670. The normalized spacial score (nSPS) is 15.1. The first-order valence-electron chi connectivity index (χ1n) is 4.81. The molecule has 2 N–H and O–H groups in total. The molecule has 0 aliphatic heterocycles. The lowest BCUT2D eigenvalue weighted by molar-refractivity contribution is 0.288. The van der Waals surface area contributed by atoms with E-state index in [4.69, 9.17) is 14.8 Å². The third kappa shape index (κ3) is 2.67. The molecule has 0 radical (unpaired) electrons. The summed E-state index contributed by atoms with van der Waals surface area (Å²) in [6, 6.07) is 1.21. The molecule has 0 saturated heterocycles. The Balaban J connectivity index is 2.06. The van der Waals surface area contributed by atoms with Crippen LogP contribution in [0, 0.1) is 11.7 Å². The molecule has 1 aromatic heterocycles. The van der Waals surface area contributed by atoms with Crippen LogP contribution in [-0.4, -0.2) is 28.8 Å². The molecule has 1 saturated carbocycles. The molecule has 1 fully saturated rings. The minimum Gasteiger partial charge on any atom is -0.477 e. The summed E-state index contributed by atoms with van der Waals surface area (Å²) < 4.78 is 18.3. The lowest BCUT2D eigenvalue weighted by Gasteiger charge is -2.06. The van der Waals surface area contributed by atoms with E-state index in [0.29, 0.717) is 12.5 Å². The third-order valence-electron chi connectivity index (χ3n) is 2.30. The summed E-state index contributed by atoms with van der Waals surface area (Å²) in [5, 5.41) is 17.7. The van der Waals surface area contributed by atoms with Crippen LogP contribution in [0.2, 0.25) is 0 Å². The minimum atomic E-state index is -1.84. The van der Waals surface area contributed by atoms with Gasteiger partial charge in [-0.25, -0.2) is 9.37 Å². The van der Waals surface area contributed by atoms with E-state index >= 15 is 0 Å². The third-order valence-corrected chi connectivity index (χ3v) is 2.30. The lowest BCUT2D eigenvalue weighted by Crippen LogP contribution is -2.33. The molecular formula is C9H11BFNO3. The monoisotopic (exact) mass is 211 g/mol. The molecule has 0 aromatic carbocycles. The summed E-state index contributed by atoms with van der Waals surface area (Å²) in [6.07, 6.45) is 3.23. The second-order valence-electron chi connectivity index (χ2n) is 3.67. The summed E-state index contributed by atoms with van der Waals surface area (Å²) in [6.45, 7) is 0.555. The Bertz CT molecular complexity index is 357. The van der Waals surface area contributed by atoms with Crippen molar-refractivity contribution in [1.29, 1.82) is 0 Å². The fourth-order valence-corrected chi connectivity index (χ4v) is 1.20. The highest BCUT2D eigenvalue weighted by Gasteiger charge is 2.23. The van der Waals surface area contributed by atoms with E-state index < -0.39 is 12.9 Å². The number of nitrogens with zero attached hydrogens (tertiary/aromatic N) is 1. The van der Waals surface area contributed by atoms with E-state index in [1.807, 2.05) is 0 Å². The van der Waals surface area contributed by atoms with Crippen LogP contribution >= 0.6 is 0 Å². The van der Waals surface area contributed by atoms with E-state index in [0.717, 1.165) is 19.0 Å². The van der Waals surface area contributed by atoms with Gasteiger partial charge >= 0.3 is 7.12 Å². The maximum absolute atomic E-state index is 13.0. The molecule has 0 atom stereocenters. The van der Waals surface area contributed by atoms with Gasteiger partial charge in [-0.15, -0.1) is 0 Å². The molecule has 0 spiro atoms. The second-order valence-corrected chi connectivity index (χ2v) is 3.67. The maximum Gasteiger partial charge on any atom is 0.491 e. The van der Waals surface area contributed by atoms with Crippen molar-refractivity contribution in [1.82, 2.24) is 4.98 Å². The largest absolute Gasteiger partial charge is 0.491 e. The SMILES string of the molecule is OB(O)c1cc(OCC2CC2)ncc1F. The molecular weight excluding hydrogens is 200 g/mol. The van der Waals surface area contributed by atoms with Crippen LogP contribution in [0.3, 0.4) is 0 Å². The van der Waals surface area contributed by atoms with Gasteiger partial charge in [0.05, 0.1) is 12.8 Å². The molecule has 15 heavy (non-hydrogen) atoms. The fourth-order valence-electron chi connectivity index (χ4n) is 1.20. The predicted octanol–water partition coefficient (Wildman–Crippen LogP) is -0.311. The molecule has 1 aliphatic carbocycles. The van der Waals surface area contributed by atoms with Gasteiger partial charge in [0.25, 0.3) is 0 Å². The summed E-state index contributed by atoms with van der Waals surface area (Å²) in [5.41, 5.74) is -0.212. The zero-order chi connectivity index (χ0) is 10.8. The lowest BCUT2D eigenvalue weighted by atomic mass is 9.80. The zero-order valence-corrected chi connectivity index (χ0v) is 8.06. The number of hydrogen-bond donors (Lipinski definition) is 2. The molecule has 1 aromatic rings. The van der Waals surface area contributed by atoms with Crippen LogP contribution in [0.25, 0.3) is 0 Å². The van der Waals surface area contributed by atoms with Gasteiger partial charge in [0.1, 0.15) is 5.82 Å². The standard InChI is InChI=1S/C9H11BFNO3/c11-8-4-12-9(3-7(8)10(13)14)15-5-6-1-2-6/h3-4,6,13-14H,1-2,5H2. The number of halogens is 1. The molecule has 6 heteroatoms. The molecule has 0 bridgehead atoms. The van der Waals surface area contributed by atoms with E-state index in [2.05, 4.69) is 4.98 Å². The van der Waals surface area contributed by atoms with Gasteiger partial charge in [0.2, 0.25) is 5.88 Å². The minimum absolute atomic E-state index is 0.212. The van der Waals surface area contributed by atoms with Crippen molar-refractivity contribution in [2.24, 2.45) is 5.92 Å². The van der Waals surface area contributed by atoms with E-state index in [1.54, 1.807) is 0 Å². The van der Waals surface area contributed by atoms with Gasteiger partial charge in [-0.05, 0) is 18.8 Å². The predicted molar refractivity (Wildman–Crippen MR) is 52.2 cm³/mol. The molecule has 80 valence electrons. The van der Waals surface area contributed by atoms with Crippen LogP contribution in [-0.2, 0) is 0 Å². The Morgan fingerprint density at radius 2 is 2.27 bits per heavy atom. The molecule has 4 nitrogen and oxygen atoms in total. The Labute approximate surface area is 86.9 Å². The summed E-state index contributed by atoms with van der Waals surface area (Å²) in [7, 11) is -1.84. The van der Waals surface area contributed by atoms with E-state index in [-0.39, 0.29) is 11.3 Å². The average Bonchev–Trinajstić information content (AvgIpc) is 3.00. The van der Waals surface area contributed by atoms with Crippen molar-refractivity contribution in [3.8, 4) is 5.88 Å². The van der Waals surface area contributed by atoms with Crippen molar-refractivity contribution in [3.63, 3.8) is 0 Å². The number of ether oxygens (including phenoxy) is 1. The smallest absolute Gasteiger partial charge is 0.477 e. The Morgan fingerprint density at radius 3 is 2.87 bits per heavy atom. The molecule has 0 unspecified atom stereocenters. The second kappa shape index (κ2) is 4.16.